The summed E-state index contributed by atoms with van der Waals surface area (Å²) in [5, 5.41) is 19.0. The van der Waals surface area contributed by atoms with Crippen molar-refractivity contribution in [1.29, 1.82) is 0 Å². The number of rotatable bonds is 7. The first-order chi connectivity index (χ1) is 12.1. The SMILES string of the molecule is CCC(Nc1ccc(S(=O)(=O)NC)cc1[N+](=O)[O-])c1c(C)nn(C)c1C. The molecule has 142 valence electrons. The fourth-order valence-electron chi connectivity index (χ4n) is 2.93. The van der Waals surface area contributed by atoms with Crippen LogP contribution < -0.4 is 10.0 Å². The van der Waals surface area contributed by atoms with E-state index in [0.29, 0.717) is 6.42 Å². The van der Waals surface area contributed by atoms with Crippen LogP contribution in [0.2, 0.25) is 0 Å². The van der Waals surface area contributed by atoms with Crippen LogP contribution in [0, 0.1) is 24.0 Å². The molecule has 1 heterocycles. The van der Waals surface area contributed by atoms with Crippen LogP contribution >= 0.6 is 0 Å². The van der Waals surface area contributed by atoms with Gasteiger partial charge in [0.1, 0.15) is 5.69 Å². The molecule has 1 aromatic carbocycles. The molecule has 1 atom stereocenters. The number of nitro groups is 1. The highest BCUT2D eigenvalue weighted by atomic mass is 32.2. The van der Waals surface area contributed by atoms with Crippen LogP contribution in [-0.2, 0) is 17.1 Å². The van der Waals surface area contributed by atoms with E-state index >= 15 is 0 Å². The van der Waals surface area contributed by atoms with Crippen molar-refractivity contribution in [2.45, 2.75) is 38.1 Å². The number of nitrogens with zero attached hydrogens (tertiary/aromatic N) is 3. The number of hydrogen-bond donors (Lipinski definition) is 2. The molecule has 26 heavy (non-hydrogen) atoms. The summed E-state index contributed by atoms with van der Waals surface area (Å²) in [6.07, 6.45) is 0.682. The minimum atomic E-state index is -3.76. The molecule has 0 aliphatic carbocycles. The molecule has 2 aromatic rings. The van der Waals surface area contributed by atoms with E-state index in [4.69, 9.17) is 0 Å². The average Bonchev–Trinajstić information content (AvgIpc) is 2.85. The van der Waals surface area contributed by atoms with E-state index in [-0.39, 0.29) is 22.3 Å². The number of aryl methyl sites for hydroxylation is 2. The molecule has 0 saturated heterocycles. The molecule has 2 rings (SSSR count). The third-order valence-corrected chi connectivity index (χ3v) is 5.81. The van der Waals surface area contributed by atoms with E-state index < -0.39 is 14.9 Å². The van der Waals surface area contributed by atoms with Gasteiger partial charge in [0.15, 0.2) is 0 Å². The van der Waals surface area contributed by atoms with Gasteiger partial charge in [-0.05, 0) is 39.4 Å². The Balaban J connectivity index is 2.49. The zero-order chi connectivity index (χ0) is 19.6. The van der Waals surface area contributed by atoms with Crippen LogP contribution in [-0.4, -0.2) is 30.2 Å². The van der Waals surface area contributed by atoms with Gasteiger partial charge in [-0.1, -0.05) is 6.92 Å². The van der Waals surface area contributed by atoms with Gasteiger partial charge in [0.25, 0.3) is 5.69 Å². The molecule has 10 heteroatoms. The summed E-state index contributed by atoms with van der Waals surface area (Å²) in [7, 11) is -0.659. The fraction of sp³-hybridized carbons (Fsp3) is 0.438. The van der Waals surface area contributed by atoms with E-state index in [1.807, 2.05) is 27.8 Å². The van der Waals surface area contributed by atoms with E-state index in [0.717, 1.165) is 23.0 Å². The number of sulfonamides is 1. The van der Waals surface area contributed by atoms with Crippen molar-refractivity contribution in [3.05, 3.63) is 45.3 Å². The highest BCUT2D eigenvalue weighted by Crippen LogP contribution is 2.33. The molecular weight excluding hydrogens is 358 g/mol. The maximum Gasteiger partial charge on any atom is 0.293 e. The smallest absolute Gasteiger partial charge is 0.293 e. The minimum absolute atomic E-state index is 0.154. The van der Waals surface area contributed by atoms with Crippen molar-refractivity contribution in [2.24, 2.45) is 7.05 Å². The van der Waals surface area contributed by atoms with Gasteiger partial charge in [-0.3, -0.25) is 14.8 Å². The fourth-order valence-corrected chi connectivity index (χ4v) is 3.68. The number of nitrogens with one attached hydrogen (secondary N) is 2. The molecule has 0 amide bonds. The van der Waals surface area contributed by atoms with Crippen LogP contribution in [0.3, 0.4) is 0 Å². The number of nitro benzene ring substituents is 1. The summed E-state index contributed by atoms with van der Waals surface area (Å²) < 4.78 is 27.8. The summed E-state index contributed by atoms with van der Waals surface area (Å²) in [6.45, 7) is 5.80. The van der Waals surface area contributed by atoms with E-state index in [9.17, 15) is 18.5 Å². The monoisotopic (exact) mass is 381 g/mol. The molecule has 0 saturated carbocycles. The molecule has 0 spiro atoms. The van der Waals surface area contributed by atoms with Gasteiger partial charge < -0.3 is 5.32 Å². The summed E-state index contributed by atoms with van der Waals surface area (Å²) in [4.78, 5) is 10.7. The van der Waals surface area contributed by atoms with Gasteiger partial charge in [0.2, 0.25) is 10.0 Å². The van der Waals surface area contributed by atoms with Crippen molar-refractivity contribution in [3.8, 4) is 0 Å². The number of benzene rings is 1. The lowest BCUT2D eigenvalue weighted by atomic mass is 10.0. The van der Waals surface area contributed by atoms with Crippen molar-refractivity contribution < 1.29 is 13.3 Å². The molecule has 1 unspecified atom stereocenters. The minimum Gasteiger partial charge on any atom is -0.373 e. The second kappa shape index (κ2) is 7.42. The first-order valence-electron chi connectivity index (χ1n) is 8.11. The van der Waals surface area contributed by atoms with Gasteiger partial charge in [-0.15, -0.1) is 0 Å². The van der Waals surface area contributed by atoms with Crippen LogP contribution in [0.4, 0.5) is 11.4 Å². The Morgan fingerprint density at radius 3 is 2.46 bits per heavy atom. The second-order valence-corrected chi connectivity index (χ2v) is 7.84. The number of anilines is 1. The Labute approximate surface area is 152 Å². The predicted molar refractivity (Wildman–Crippen MR) is 98.7 cm³/mol. The second-order valence-electron chi connectivity index (χ2n) is 5.96. The summed E-state index contributed by atoms with van der Waals surface area (Å²) in [5.41, 5.74) is 2.77. The van der Waals surface area contributed by atoms with Crippen LogP contribution in [0.15, 0.2) is 23.1 Å². The Morgan fingerprint density at radius 2 is 2.00 bits per heavy atom. The van der Waals surface area contributed by atoms with Crippen LogP contribution in [0.1, 0.15) is 36.3 Å². The zero-order valence-electron chi connectivity index (χ0n) is 15.4. The van der Waals surface area contributed by atoms with Crippen molar-refractivity contribution in [2.75, 3.05) is 12.4 Å². The third-order valence-electron chi connectivity index (χ3n) is 4.40. The maximum atomic E-state index is 11.9. The quantitative estimate of drug-likeness (QED) is 0.561. The summed E-state index contributed by atoms with van der Waals surface area (Å²) >= 11 is 0. The Bertz CT molecular complexity index is 936. The Morgan fingerprint density at radius 1 is 1.35 bits per heavy atom. The molecule has 2 N–H and O–H groups in total. The van der Waals surface area contributed by atoms with E-state index in [1.165, 1.54) is 19.2 Å². The number of hydrogen-bond acceptors (Lipinski definition) is 6. The number of aromatic nitrogens is 2. The first-order valence-corrected chi connectivity index (χ1v) is 9.59. The van der Waals surface area contributed by atoms with Crippen LogP contribution in [0.5, 0.6) is 0 Å². The van der Waals surface area contributed by atoms with Gasteiger partial charge in [0.05, 0.1) is 21.6 Å². The van der Waals surface area contributed by atoms with Crippen molar-refractivity contribution in [1.82, 2.24) is 14.5 Å². The topological polar surface area (TPSA) is 119 Å². The first kappa shape index (κ1) is 19.9. The average molecular weight is 381 g/mol. The summed E-state index contributed by atoms with van der Waals surface area (Å²) in [5.74, 6) is 0. The largest absolute Gasteiger partial charge is 0.373 e. The zero-order valence-corrected chi connectivity index (χ0v) is 16.2. The molecule has 0 aliphatic rings. The molecule has 9 nitrogen and oxygen atoms in total. The lowest BCUT2D eigenvalue weighted by Gasteiger charge is -2.19. The Hall–Kier alpha value is -2.46. The standard InChI is InChI=1S/C16H23N5O4S/c1-6-13(16-10(2)19-20(5)11(16)3)18-14-8-7-12(26(24,25)17-4)9-15(14)21(22)23/h7-9,13,17-18H,6H2,1-5H3. The van der Waals surface area contributed by atoms with Gasteiger partial charge >= 0.3 is 0 Å². The highest BCUT2D eigenvalue weighted by Gasteiger charge is 2.24. The summed E-state index contributed by atoms with van der Waals surface area (Å²) in [6, 6.07) is 3.64. The van der Waals surface area contributed by atoms with Gasteiger partial charge in [-0.2, -0.15) is 5.10 Å². The van der Waals surface area contributed by atoms with E-state index in [1.54, 1.807) is 4.68 Å². The molecule has 0 aliphatic heterocycles. The normalized spacial score (nSPS) is 12.8. The van der Waals surface area contributed by atoms with Crippen LogP contribution in [0.25, 0.3) is 0 Å². The Kier molecular flexibility index (Phi) is 5.67. The molecule has 1 aromatic heterocycles. The molecule has 0 bridgehead atoms. The van der Waals surface area contributed by atoms with Gasteiger partial charge in [-0.25, -0.2) is 13.1 Å². The predicted octanol–water partition coefficient (Wildman–Crippen LogP) is 2.42. The molecule has 0 fully saturated rings. The van der Waals surface area contributed by atoms with Crippen molar-refractivity contribution in [3.63, 3.8) is 0 Å². The lowest BCUT2D eigenvalue weighted by Crippen LogP contribution is -2.19. The molecular formula is C16H23N5O4S. The molecule has 0 radical (unpaired) electrons. The third kappa shape index (κ3) is 3.70. The van der Waals surface area contributed by atoms with Crippen molar-refractivity contribution >= 4 is 21.4 Å². The van der Waals surface area contributed by atoms with Gasteiger partial charge in [0, 0.05) is 24.4 Å². The highest BCUT2D eigenvalue weighted by molar-refractivity contribution is 7.89. The maximum absolute atomic E-state index is 11.9. The van der Waals surface area contributed by atoms with E-state index in [2.05, 4.69) is 15.1 Å². The lowest BCUT2D eigenvalue weighted by molar-refractivity contribution is -0.384.